The van der Waals surface area contributed by atoms with E-state index >= 15 is 0 Å². The molecule has 35 heavy (non-hydrogen) atoms. The highest BCUT2D eigenvalue weighted by atomic mass is 32.2. The summed E-state index contributed by atoms with van der Waals surface area (Å²) < 4.78 is 28.6. The van der Waals surface area contributed by atoms with Crippen LogP contribution >= 0.6 is 0 Å². The molecule has 1 spiro atoms. The monoisotopic (exact) mass is 498 g/mol. The summed E-state index contributed by atoms with van der Waals surface area (Å²) >= 11 is -1.40. The molecule has 0 aromatic heterocycles. The maximum atomic E-state index is 13.1. The first-order valence-electron chi connectivity index (χ1n) is 11.9. The molecule has 1 unspecified atom stereocenters. The van der Waals surface area contributed by atoms with E-state index in [1.165, 1.54) is 10.5 Å². The molecule has 1 fully saturated rings. The van der Waals surface area contributed by atoms with Crippen molar-refractivity contribution < 1.29 is 23.9 Å². The molecular weight excluding hydrogens is 464 g/mol. The van der Waals surface area contributed by atoms with Crippen molar-refractivity contribution in [2.75, 3.05) is 20.2 Å². The van der Waals surface area contributed by atoms with Crippen molar-refractivity contribution in [3.8, 4) is 5.75 Å². The molecular formula is C27H34N2O5S. The van der Waals surface area contributed by atoms with E-state index in [2.05, 4.69) is 18.2 Å². The Morgan fingerprint density at radius 1 is 1.11 bits per heavy atom. The first kappa shape index (κ1) is 25.5. The van der Waals surface area contributed by atoms with Crippen LogP contribution in [0.4, 0.5) is 4.79 Å². The second-order valence-corrected chi connectivity index (χ2v) is 12.3. The zero-order valence-electron chi connectivity index (χ0n) is 20.9. The quantitative estimate of drug-likeness (QED) is 0.567. The van der Waals surface area contributed by atoms with Crippen LogP contribution in [0.2, 0.25) is 0 Å². The number of hydrogen-bond donors (Lipinski definition) is 1. The highest BCUT2D eigenvalue weighted by molar-refractivity contribution is 7.91. The molecule has 0 bridgehead atoms. The number of carbonyl (C=O) groups is 1. The summed E-state index contributed by atoms with van der Waals surface area (Å²) in [6.45, 7) is 7.63. The topological polar surface area (TPSA) is 94.4 Å². The van der Waals surface area contributed by atoms with Gasteiger partial charge in [-0.3, -0.25) is 0 Å². The number of likely N-dealkylation sites (tertiary alicyclic amines) is 1. The molecule has 1 atom stereocenters. The van der Waals surface area contributed by atoms with Gasteiger partial charge in [-0.25, -0.2) is 4.79 Å². The van der Waals surface area contributed by atoms with Gasteiger partial charge in [-0.05, 0) is 74.9 Å². The van der Waals surface area contributed by atoms with Crippen LogP contribution in [0.25, 0.3) is 0 Å². The molecule has 2 aromatic carbocycles. The highest BCUT2D eigenvalue weighted by Gasteiger charge is 2.48. The number of fused-ring (bicyclic) bond motifs is 1. The number of rotatable bonds is 6. The predicted molar refractivity (Wildman–Crippen MR) is 137 cm³/mol. The van der Waals surface area contributed by atoms with E-state index in [-0.39, 0.29) is 5.41 Å². The Morgan fingerprint density at radius 3 is 2.34 bits per heavy atom. The van der Waals surface area contributed by atoms with Crippen molar-refractivity contribution >= 4 is 23.2 Å². The number of hydrogen-bond acceptors (Lipinski definition) is 5. The number of ether oxygens (including phenoxy) is 2. The third kappa shape index (κ3) is 5.66. The third-order valence-electron chi connectivity index (χ3n) is 6.85. The van der Waals surface area contributed by atoms with Gasteiger partial charge in [0.15, 0.2) is 0 Å². The maximum absolute atomic E-state index is 13.1. The van der Waals surface area contributed by atoms with Gasteiger partial charge in [0.05, 0.1) is 20.3 Å². The Balaban J connectivity index is 1.55. The van der Waals surface area contributed by atoms with Crippen LogP contribution in [0.5, 0.6) is 5.75 Å². The number of benzene rings is 2. The molecule has 0 radical (unpaired) electrons. The van der Waals surface area contributed by atoms with Crippen molar-refractivity contribution in [2.24, 2.45) is 9.81 Å². The molecule has 1 aliphatic carbocycles. The molecule has 4 rings (SSSR count). The normalized spacial score (nSPS) is 19.1. The summed E-state index contributed by atoms with van der Waals surface area (Å²) in [5.41, 5.74) is 4.89. The van der Waals surface area contributed by atoms with Crippen LogP contribution in [0.1, 0.15) is 55.9 Å². The Labute approximate surface area is 210 Å². The number of amides is 1. The third-order valence-corrected chi connectivity index (χ3v) is 8.24. The minimum absolute atomic E-state index is 0.280. The summed E-state index contributed by atoms with van der Waals surface area (Å²) in [6, 6.07) is 14.1. The van der Waals surface area contributed by atoms with Gasteiger partial charge < -0.3 is 24.0 Å². The summed E-state index contributed by atoms with van der Waals surface area (Å²) in [6.07, 6.45) is 1.26. The van der Waals surface area contributed by atoms with E-state index in [4.69, 9.17) is 13.9 Å². The van der Waals surface area contributed by atoms with Crippen LogP contribution in [-0.4, -0.2) is 51.3 Å². The molecule has 2 aromatic rings. The second kappa shape index (κ2) is 10.2. The molecule has 1 aliphatic heterocycles. The molecule has 8 heteroatoms. The van der Waals surface area contributed by atoms with Crippen molar-refractivity contribution in [1.82, 2.24) is 4.90 Å². The first-order chi connectivity index (χ1) is 16.6. The van der Waals surface area contributed by atoms with E-state index in [0.29, 0.717) is 39.1 Å². The molecule has 1 heterocycles. The summed E-state index contributed by atoms with van der Waals surface area (Å²) in [7, 11) is 1.65. The van der Waals surface area contributed by atoms with Crippen LogP contribution in [0.3, 0.4) is 0 Å². The predicted octanol–water partition coefficient (Wildman–Crippen LogP) is 4.98. The van der Waals surface area contributed by atoms with Crippen molar-refractivity contribution in [3.05, 3.63) is 64.7 Å². The SMILES string of the molecule is COc1ccc(COCc2ccc3c(c2)C(=N[S+]([O-])C(C)(C)C)C2(CCN(C(=O)O)CC2)C3)cc1. The molecule has 1 N–H and O–H groups in total. The van der Waals surface area contributed by atoms with Crippen molar-refractivity contribution in [2.45, 2.75) is 58.0 Å². The molecule has 7 nitrogen and oxygen atoms in total. The minimum atomic E-state index is -1.40. The van der Waals surface area contributed by atoms with Crippen LogP contribution in [0.15, 0.2) is 46.9 Å². The lowest BCUT2D eigenvalue weighted by Crippen LogP contribution is -2.45. The van der Waals surface area contributed by atoms with Crippen LogP contribution in [-0.2, 0) is 35.7 Å². The van der Waals surface area contributed by atoms with Crippen LogP contribution < -0.4 is 4.74 Å². The highest BCUT2D eigenvalue weighted by Crippen LogP contribution is 2.46. The second-order valence-electron chi connectivity index (χ2n) is 10.4. The summed E-state index contributed by atoms with van der Waals surface area (Å²) in [5.74, 6) is 0.815. The largest absolute Gasteiger partial charge is 0.591 e. The maximum Gasteiger partial charge on any atom is 0.407 e. The average Bonchev–Trinajstić information content (AvgIpc) is 3.11. The minimum Gasteiger partial charge on any atom is -0.591 e. The fraction of sp³-hybridized carbons (Fsp3) is 0.481. The number of piperidine rings is 1. The number of carboxylic acid groups (broad SMARTS) is 1. The van der Waals surface area contributed by atoms with E-state index in [0.717, 1.165) is 34.6 Å². The smallest absolute Gasteiger partial charge is 0.407 e. The number of nitrogens with zero attached hydrogens (tertiary/aromatic N) is 2. The Kier molecular flexibility index (Phi) is 7.45. The van der Waals surface area contributed by atoms with Crippen LogP contribution in [0, 0.1) is 5.41 Å². The van der Waals surface area contributed by atoms with Gasteiger partial charge in [-0.2, -0.15) is 0 Å². The average molecular weight is 499 g/mol. The van der Waals surface area contributed by atoms with Gasteiger partial charge in [0.2, 0.25) is 0 Å². The summed E-state index contributed by atoms with van der Waals surface area (Å²) in [4.78, 5) is 12.9. The lowest BCUT2D eigenvalue weighted by molar-refractivity contribution is 0.107. The Bertz CT molecular complexity index is 1090. The van der Waals surface area contributed by atoms with Gasteiger partial charge in [-0.1, -0.05) is 28.7 Å². The van der Waals surface area contributed by atoms with Gasteiger partial charge in [0.1, 0.15) is 27.6 Å². The molecule has 2 aliphatic rings. The van der Waals surface area contributed by atoms with Gasteiger partial charge >= 0.3 is 6.09 Å². The lowest BCUT2D eigenvalue weighted by atomic mass is 9.74. The van der Waals surface area contributed by atoms with Gasteiger partial charge in [-0.15, -0.1) is 0 Å². The van der Waals surface area contributed by atoms with Crippen molar-refractivity contribution in [1.29, 1.82) is 0 Å². The van der Waals surface area contributed by atoms with Gasteiger partial charge in [0, 0.05) is 24.1 Å². The zero-order chi connectivity index (χ0) is 25.2. The Hall–Kier alpha value is -2.55. The number of methoxy groups -OCH3 is 1. The zero-order valence-corrected chi connectivity index (χ0v) is 21.7. The fourth-order valence-corrected chi connectivity index (χ4v) is 5.47. The Morgan fingerprint density at radius 2 is 1.74 bits per heavy atom. The summed E-state index contributed by atoms with van der Waals surface area (Å²) in [5, 5.41) is 9.42. The molecule has 1 saturated heterocycles. The first-order valence-corrected chi connectivity index (χ1v) is 13.0. The van der Waals surface area contributed by atoms with Gasteiger partial charge in [0.25, 0.3) is 0 Å². The van der Waals surface area contributed by atoms with E-state index < -0.39 is 22.2 Å². The molecule has 1 amide bonds. The van der Waals surface area contributed by atoms with E-state index in [9.17, 15) is 14.5 Å². The molecule has 0 saturated carbocycles. The standard InChI is InChI=1S/C27H34N2O5S/c1-26(2,3)35(32)28-24-23-15-20(18-34-17-19-6-9-22(33-4)10-7-19)5-8-21(23)16-27(24)11-13-29(14-12-27)25(30)31/h5-10,15H,11-14,16-18H2,1-4H3,(H,30,31). The lowest BCUT2D eigenvalue weighted by Gasteiger charge is -2.38. The molecule has 188 valence electrons. The van der Waals surface area contributed by atoms with E-state index in [1.54, 1.807) is 7.11 Å². The van der Waals surface area contributed by atoms with E-state index in [1.807, 2.05) is 45.0 Å². The fourth-order valence-electron chi connectivity index (χ4n) is 4.74. The van der Waals surface area contributed by atoms with Crippen molar-refractivity contribution in [3.63, 3.8) is 0 Å².